The Hall–Kier alpha value is -2.20. The minimum Gasteiger partial charge on any atom is -0.493 e. The zero-order chi connectivity index (χ0) is 13.8. The van der Waals surface area contributed by atoms with Crippen molar-refractivity contribution in [1.29, 1.82) is 0 Å². The lowest BCUT2D eigenvalue weighted by molar-refractivity contribution is 0.0743. The summed E-state index contributed by atoms with van der Waals surface area (Å²) >= 11 is 0. The van der Waals surface area contributed by atoms with Gasteiger partial charge in [-0.25, -0.2) is 4.39 Å². The number of halogens is 1. The van der Waals surface area contributed by atoms with Crippen LogP contribution in [-0.4, -0.2) is 18.0 Å². The van der Waals surface area contributed by atoms with Gasteiger partial charge >= 0.3 is 0 Å². The van der Waals surface area contributed by atoms with Crippen molar-refractivity contribution < 1.29 is 19.0 Å². The first kappa shape index (κ1) is 13.2. The molecule has 1 atom stereocenters. The SMILES string of the molecule is COc1c(F)cccc1C(=O)C(O)c1ccccc1. The largest absolute Gasteiger partial charge is 0.493 e. The highest BCUT2D eigenvalue weighted by Crippen LogP contribution is 2.27. The molecular weight excluding hydrogens is 247 g/mol. The maximum atomic E-state index is 13.5. The molecule has 0 fully saturated rings. The van der Waals surface area contributed by atoms with Gasteiger partial charge in [0.05, 0.1) is 12.7 Å². The van der Waals surface area contributed by atoms with Crippen LogP contribution in [0.15, 0.2) is 48.5 Å². The van der Waals surface area contributed by atoms with E-state index in [0.717, 1.165) is 0 Å². The second kappa shape index (κ2) is 5.63. The van der Waals surface area contributed by atoms with Crippen molar-refractivity contribution in [2.24, 2.45) is 0 Å². The highest BCUT2D eigenvalue weighted by atomic mass is 19.1. The second-order valence-corrected chi connectivity index (χ2v) is 4.00. The molecule has 2 aromatic rings. The van der Waals surface area contributed by atoms with Crippen LogP contribution < -0.4 is 4.74 Å². The van der Waals surface area contributed by atoms with Gasteiger partial charge < -0.3 is 9.84 Å². The lowest BCUT2D eigenvalue weighted by Gasteiger charge is -2.13. The van der Waals surface area contributed by atoms with Crippen LogP contribution in [-0.2, 0) is 0 Å². The van der Waals surface area contributed by atoms with Crippen molar-refractivity contribution >= 4 is 5.78 Å². The van der Waals surface area contributed by atoms with Gasteiger partial charge in [0.2, 0.25) is 0 Å². The summed E-state index contributed by atoms with van der Waals surface area (Å²) in [6.07, 6.45) is -1.34. The number of ketones is 1. The van der Waals surface area contributed by atoms with Crippen LogP contribution in [0.1, 0.15) is 22.0 Å². The highest BCUT2D eigenvalue weighted by Gasteiger charge is 2.23. The minimum absolute atomic E-state index is 0.0267. The van der Waals surface area contributed by atoms with Gasteiger partial charge in [-0.05, 0) is 17.7 Å². The number of aliphatic hydroxyl groups excluding tert-OH is 1. The summed E-state index contributed by atoms with van der Waals surface area (Å²) in [6.45, 7) is 0. The zero-order valence-corrected chi connectivity index (χ0v) is 10.3. The van der Waals surface area contributed by atoms with Crippen LogP contribution in [0, 0.1) is 5.82 Å². The molecule has 0 radical (unpaired) electrons. The fraction of sp³-hybridized carbons (Fsp3) is 0.133. The third-order valence-electron chi connectivity index (χ3n) is 2.80. The number of rotatable bonds is 4. The van der Waals surface area contributed by atoms with E-state index in [-0.39, 0.29) is 11.3 Å². The third kappa shape index (κ3) is 2.63. The van der Waals surface area contributed by atoms with Gasteiger partial charge in [0.25, 0.3) is 0 Å². The Morgan fingerprint density at radius 1 is 1.16 bits per heavy atom. The fourth-order valence-corrected chi connectivity index (χ4v) is 1.84. The Morgan fingerprint density at radius 3 is 2.47 bits per heavy atom. The van der Waals surface area contributed by atoms with E-state index in [1.807, 2.05) is 0 Å². The maximum absolute atomic E-state index is 13.5. The first-order valence-corrected chi connectivity index (χ1v) is 5.75. The molecule has 0 heterocycles. The summed E-state index contributed by atoms with van der Waals surface area (Å²) in [5, 5.41) is 10.0. The van der Waals surface area contributed by atoms with Crippen LogP contribution in [0.2, 0.25) is 0 Å². The lowest BCUT2D eigenvalue weighted by Crippen LogP contribution is -2.14. The molecular formula is C15H13FO3. The number of methoxy groups -OCH3 is 1. The van der Waals surface area contributed by atoms with E-state index in [9.17, 15) is 14.3 Å². The molecule has 0 bridgehead atoms. The molecule has 0 saturated heterocycles. The quantitative estimate of drug-likeness (QED) is 0.860. The standard InChI is InChI=1S/C15H13FO3/c1-19-15-11(8-5-9-12(15)16)14(18)13(17)10-6-3-2-4-7-10/h2-9,13,17H,1H3. The van der Waals surface area contributed by atoms with Crippen molar-refractivity contribution in [2.45, 2.75) is 6.10 Å². The lowest BCUT2D eigenvalue weighted by atomic mass is 9.99. The third-order valence-corrected chi connectivity index (χ3v) is 2.80. The van der Waals surface area contributed by atoms with Crippen LogP contribution in [0.25, 0.3) is 0 Å². The van der Waals surface area contributed by atoms with Crippen molar-refractivity contribution in [2.75, 3.05) is 7.11 Å². The number of para-hydroxylation sites is 1. The molecule has 19 heavy (non-hydrogen) atoms. The Labute approximate surface area is 110 Å². The number of hydrogen-bond donors (Lipinski definition) is 1. The van der Waals surface area contributed by atoms with Crippen LogP contribution in [0.5, 0.6) is 5.75 Å². The van der Waals surface area contributed by atoms with Crippen LogP contribution in [0.4, 0.5) is 4.39 Å². The number of benzene rings is 2. The van der Waals surface area contributed by atoms with E-state index >= 15 is 0 Å². The molecule has 4 heteroatoms. The maximum Gasteiger partial charge on any atom is 0.199 e. The smallest absolute Gasteiger partial charge is 0.199 e. The van der Waals surface area contributed by atoms with Gasteiger partial charge in [-0.15, -0.1) is 0 Å². The number of carbonyl (C=O) groups excluding carboxylic acids is 1. The summed E-state index contributed by atoms with van der Waals surface area (Å²) in [4.78, 5) is 12.2. The van der Waals surface area contributed by atoms with Gasteiger partial charge in [0.15, 0.2) is 17.3 Å². The summed E-state index contributed by atoms with van der Waals surface area (Å²) in [5.74, 6) is -1.38. The number of ether oxygens (including phenoxy) is 1. The Morgan fingerprint density at radius 2 is 1.84 bits per heavy atom. The molecule has 0 aliphatic heterocycles. The molecule has 0 aromatic heterocycles. The monoisotopic (exact) mass is 260 g/mol. The van der Waals surface area contributed by atoms with Crippen LogP contribution in [0.3, 0.4) is 0 Å². The molecule has 0 aliphatic rings. The molecule has 2 rings (SSSR count). The van der Waals surface area contributed by atoms with Crippen molar-refractivity contribution in [1.82, 2.24) is 0 Å². The predicted molar refractivity (Wildman–Crippen MR) is 68.7 cm³/mol. The van der Waals surface area contributed by atoms with Crippen molar-refractivity contribution in [3.8, 4) is 5.75 Å². The average molecular weight is 260 g/mol. The molecule has 1 unspecified atom stereocenters. The number of aliphatic hydroxyl groups is 1. The van der Waals surface area contributed by atoms with Crippen LogP contribution >= 0.6 is 0 Å². The summed E-state index contributed by atoms with van der Waals surface area (Å²) in [6, 6.07) is 12.5. The molecule has 3 nitrogen and oxygen atoms in total. The molecule has 98 valence electrons. The molecule has 0 saturated carbocycles. The van der Waals surface area contributed by atoms with Crippen molar-refractivity contribution in [3.05, 3.63) is 65.5 Å². The van der Waals surface area contributed by atoms with Gasteiger partial charge in [-0.3, -0.25) is 4.79 Å². The minimum atomic E-state index is -1.34. The van der Waals surface area contributed by atoms with E-state index in [2.05, 4.69) is 0 Å². The number of carbonyl (C=O) groups is 1. The topological polar surface area (TPSA) is 46.5 Å². The number of hydrogen-bond acceptors (Lipinski definition) is 3. The predicted octanol–water partition coefficient (Wildman–Crippen LogP) is 2.75. The summed E-state index contributed by atoms with van der Waals surface area (Å²) < 4.78 is 18.4. The summed E-state index contributed by atoms with van der Waals surface area (Å²) in [5.41, 5.74) is 0.484. The molecule has 1 N–H and O–H groups in total. The van der Waals surface area contributed by atoms with Crippen molar-refractivity contribution in [3.63, 3.8) is 0 Å². The van der Waals surface area contributed by atoms with Gasteiger partial charge in [-0.1, -0.05) is 36.4 Å². The first-order chi connectivity index (χ1) is 9.15. The Balaban J connectivity index is 2.37. The molecule has 0 amide bonds. The van der Waals surface area contributed by atoms with E-state index in [4.69, 9.17) is 4.74 Å². The van der Waals surface area contributed by atoms with Gasteiger partial charge in [0, 0.05) is 0 Å². The normalized spacial score (nSPS) is 11.9. The van der Waals surface area contributed by atoms with E-state index in [1.165, 1.54) is 25.3 Å². The average Bonchev–Trinajstić information content (AvgIpc) is 2.46. The van der Waals surface area contributed by atoms with E-state index < -0.39 is 17.7 Å². The van der Waals surface area contributed by atoms with E-state index in [1.54, 1.807) is 30.3 Å². The Kier molecular flexibility index (Phi) is 3.92. The van der Waals surface area contributed by atoms with E-state index in [0.29, 0.717) is 5.56 Å². The molecule has 0 spiro atoms. The molecule has 2 aromatic carbocycles. The number of Topliss-reactive ketones (excluding diaryl/α,β-unsaturated/α-hetero) is 1. The highest BCUT2D eigenvalue weighted by molar-refractivity contribution is 6.02. The first-order valence-electron chi connectivity index (χ1n) is 5.75. The fourth-order valence-electron chi connectivity index (χ4n) is 1.84. The summed E-state index contributed by atoms with van der Waals surface area (Å²) in [7, 11) is 1.28. The zero-order valence-electron chi connectivity index (χ0n) is 10.3. The Bertz CT molecular complexity index is 581. The molecule has 0 aliphatic carbocycles. The van der Waals surface area contributed by atoms with Gasteiger partial charge in [-0.2, -0.15) is 0 Å². The second-order valence-electron chi connectivity index (χ2n) is 4.00. The van der Waals surface area contributed by atoms with Gasteiger partial charge in [0.1, 0.15) is 6.10 Å².